The normalized spacial score (nSPS) is 12.4. The number of aliphatic imine (C=N–C) groups is 1. The number of unbranched alkanes of at least 4 members (excludes halogenated alkanes) is 2. The van der Waals surface area contributed by atoms with Gasteiger partial charge < -0.3 is 31.6 Å². The maximum atomic E-state index is 12.2. The molecule has 0 saturated carbocycles. The standard InChI is InChI=1S/C22H43N5O5/c1-21(2,3)31-18(29)12-11-16(15-27-20(30)32-22(4,5)6)14-26-17(28)10-8-7-9-13-25-19(23)24/h16H,7-15H2,1-6H3,(H,26,28)(H,27,30)(H4,23,24,25). The fourth-order valence-corrected chi connectivity index (χ4v) is 2.66. The average molecular weight is 458 g/mol. The summed E-state index contributed by atoms with van der Waals surface area (Å²) < 4.78 is 10.6. The van der Waals surface area contributed by atoms with E-state index >= 15 is 0 Å². The predicted molar refractivity (Wildman–Crippen MR) is 125 cm³/mol. The van der Waals surface area contributed by atoms with E-state index in [1.54, 1.807) is 20.8 Å². The van der Waals surface area contributed by atoms with Gasteiger partial charge in [0.05, 0.1) is 0 Å². The molecule has 0 aromatic carbocycles. The Morgan fingerprint density at radius 2 is 1.44 bits per heavy atom. The number of nitrogens with one attached hydrogen (secondary N) is 2. The lowest BCUT2D eigenvalue weighted by molar-refractivity contribution is -0.155. The van der Waals surface area contributed by atoms with E-state index in [4.69, 9.17) is 20.9 Å². The fraction of sp³-hybridized carbons (Fsp3) is 0.818. The summed E-state index contributed by atoms with van der Waals surface area (Å²) >= 11 is 0. The number of carbonyl (C=O) groups is 3. The van der Waals surface area contributed by atoms with Gasteiger partial charge in [-0.15, -0.1) is 0 Å². The van der Waals surface area contributed by atoms with E-state index in [2.05, 4.69) is 15.6 Å². The van der Waals surface area contributed by atoms with Crippen molar-refractivity contribution in [2.24, 2.45) is 22.4 Å². The molecule has 0 bridgehead atoms. The van der Waals surface area contributed by atoms with E-state index in [1.165, 1.54) is 0 Å². The number of guanidine groups is 1. The summed E-state index contributed by atoms with van der Waals surface area (Å²) in [6.45, 7) is 11.9. The molecule has 0 heterocycles. The Balaban J connectivity index is 4.52. The third-order valence-corrected chi connectivity index (χ3v) is 4.05. The topological polar surface area (TPSA) is 158 Å². The maximum absolute atomic E-state index is 12.2. The van der Waals surface area contributed by atoms with Crippen molar-refractivity contribution in [1.29, 1.82) is 0 Å². The molecule has 10 nitrogen and oxygen atoms in total. The molecule has 0 aromatic rings. The van der Waals surface area contributed by atoms with E-state index in [-0.39, 0.29) is 36.7 Å². The van der Waals surface area contributed by atoms with Crippen LogP contribution in [0.4, 0.5) is 4.79 Å². The summed E-state index contributed by atoms with van der Waals surface area (Å²) in [6, 6.07) is 0. The molecule has 6 N–H and O–H groups in total. The SMILES string of the molecule is CC(C)(C)OC(=O)CCC(CNC(=O)CCCCCN=C(N)N)CNC(=O)OC(C)(C)C. The number of nitrogens with two attached hydrogens (primary N) is 2. The van der Waals surface area contributed by atoms with Gasteiger partial charge in [0.1, 0.15) is 11.2 Å². The zero-order valence-electron chi connectivity index (χ0n) is 20.6. The van der Waals surface area contributed by atoms with Crippen LogP contribution in [-0.4, -0.2) is 54.8 Å². The molecule has 0 spiro atoms. The van der Waals surface area contributed by atoms with E-state index in [0.717, 1.165) is 19.3 Å². The van der Waals surface area contributed by atoms with Crippen LogP contribution in [0.3, 0.4) is 0 Å². The molecule has 1 atom stereocenters. The number of esters is 1. The second-order valence-electron chi connectivity index (χ2n) is 9.80. The molecule has 0 saturated heterocycles. The Hall–Kier alpha value is -2.52. The molecule has 2 amide bonds. The first-order valence-electron chi connectivity index (χ1n) is 11.2. The number of hydrogen-bond acceptors (Lipinski definition) is 6. The lowest BCUT2D eigenvalue weighted by Crippen LogP contribution is -2.39. The third-order valence-electron chi connectivity index (χ3n) is 4.05. The Kier molecular flexibility index (Phi) is 13.4. The molecule has 186 valence electrons. The summed E-state index contributed by atoms with van der Waals surface area (Å²) in [4.78, 5) is 40.1. The minimum absolute atomic E-state index is 0.0696. The Bertz CT molecular complexity index is 587. The summed E-state index contributed by atoms with van der Waals surface area (Å²) in [5, 5.41) is 5.60. The number of carbonyl (C=O) groups excluding carboxylic acids is 3. The molecule has 0 rings (SSSR count). The molecule has 0 aromatic heterocycles. The van der Waals surface area contributed by atoms with E-state index < -0.39 is 17.3 Å². The summed E-state index contributed by atoms with van der Waals surface area (Å²) in [5.74, 6) is -0.459. The monoisotopic (exact) mass is 457 g/mol. The maximum Gasteiger partial charge on any atom is 0.407 e. The lowest BCUT2D eigenvalue weighted by Gasteiger charge is -2.23. The number of nitrogens with zero attached hydrogens (tertiary/aromatic N) is 1. The first kappa shape index (κ1) is 29.5. The Morgan fingerprint density at radius 3 is 2.00 bits per heavy atom. The van der Waals surface area contributed by atoms with E-state index in [1.807, 2.05) is 20.8 Å². The number of ether oxygens (including phenoxy) is 2. The van der Waals surface area contributed by atoms with Gasteiger partial charge in [0.2, 0.25) is 5.91 Å². The molecular formula is C22H43N5O5. The van der Waals surface area contributed by atoms with Crippen molar-refractivity contribution in [1.82, 2.24) is 10.6 Å². The molecule has 0 aliphatic rings. The highest BCUT2D eigenvalue weighted by Crippen LogP contribution is 2.13. The van der Waals surface area contributed by atoms with Crippen LogP contribution in [0.15, 0.2) is 4.99 Å². The van der Waals surface area contributed by atoms with Crippen LogP contribution in [0.2, 0.25) is 0 Å². The van der Waals surface area contributed by atoms with Crippen LogP contribution in [-0.2, 0) is 19.1 Å². The Labute approximate surface area is 192 Å². The van der Waals surface area contributed by atoms with Crippen LogP contribution in [0.1, 0.15) is 80.1 Å². The average Bonchev–Trinajstić information content (AvgIpc) is 2.60. The second-order valence-corrected chi connectivity index (χ2v) is 9.80. The van der Waals surface area contributed by atoms with Crippen molar-refractivity contribution in [3.63, 3.8) is 0 Å². The highest BCUT2D eigenvalue weighted by molar-refractivity contribution is 5.76. The van der Waals surface area contributed by atoms with Crippen molar-refractivity contribution in [2.75, 3.05) is 19.6 Å². The minimum Gasteiger partial charge on any atom is -0.460 e. The van der Waals surface area contributed by atoms with E-state index in [0.29, 0.717) is 25.9 Å². The van der Waals surface area contributed by atoms with Crippen molar-refractivity contribution in [2.45, 2.75) is 91.3 Å². The molecule has 0 radical (unpaired) electrons. The molecular weight excluding hydrogens is 414 g/mol. The first-order chi connectivity index (χ1) is 14.7. The van der Waals surface area contributed by atoms with Crippen LogP contribution in [0.25, 0.3) is 0 Å². The molecule has 32 heavy (non-hydrogen) atoms. The van der Waals surface area contributed by atoms with Crippen molar-refractivity contribution < 1.29 is 23.9 Å². The smallest absolute Gasteiger partial charge is 0.407 e. The zero-order valence-corrected chi connectivity index (χ0v) is 20.6. The largest absolute Gasteiger partial charge is 0.460 e. The second kappa shape index (κ2) is 14.5. The van der Waals surface area contributed by atoms with Gasteiger partial charge in [-0.05, 0) is 66.7 Å². The third kappa shape index (κ3) is 19.4. The number of rotatable bonds is 13. The van der Waals surface area contributed by atoms with Gasteiger partial charge in [-0.25, -0.2) is 4.79 Å². The lowest BCUT2D eigenvalue weighted by atomic mass is 10.0. The summed E-state index contributed by atoms with van der Waals surface area (Å²) in [7, 11) is 0. The highest BCUT2D eigenvalue weighted by Gasteiger charge is 2.21. The van der Waals surface area contributed by atoms with Crippen LogP contribution in [0, 0.1) is 5.92 Å². The molecule has 1 unspecified atom stereocenters. The van der Waals surface area contributed by atoms with Gasteiger partial charge in [0.25, 0.3) is 0 Å². The van der Waals surface area contributed by atoms with Gasteiger partial charge >= 0.3 is 12.1 Å². The van der Waals surface area contributed by atoms with Crippen LogP contribution in [0.5, 0.6) is 0 Å². The molecule has 0 aliphatic carbocycles. The highest BCUT2D eigenvalue weighted by atomic mass is 16.6. The van der Waals surface area contributed by atoms with Crippen LogP contribution < -0.4 is 22.1 Å². The van der Waals surface area contributed by atoms with Gasteiger partial charge in [-0.2, -0.15) is 0 Å². The van der Waals surface area contributed by atoms with Gasteiger partial charge in [0.15, 0.2) is 5.96 Å². The molecule has 0 fully saturated rings. The summed E-state index contributed by atoms with van der Waals surface area (Å²) in [5.41, 5.74) is 9.38. The quantitative estimate of drug-likeness (QED) is 0.143. The predicted octanol–water partition coefficient (Wildman–Crippen LogP) is 2.20. The summed E-state index contributed by atoms with van der Waals surface area (Å²) in [6.07, 6.45) is 2.88. The van der Waals surface area contributed by atoms with Crippen molar-refractivity contribution in [3.05, 3.63) is 0 Å². The van der Waals surface area contributed by atoms with Crippen molar-refractivity contribution in [3.8, 4) is 0 Å². The van der Waals surface area contributed by atoms with Gasteiger partial charge in [-0.3, -0.25) is 14.6 Å². The van der Waals surface area contributed by atoms with E-state index in [9.17, 15) is 14.4 Å². The number of hydrogen-bond donors (Lipinski definition) is 4. The molecule has 0 aliphatic heterocycles. The van der Waals surface area contributed by atoms with Crippen LogP contribution >= 0.6 is 0 Å². The number of amides is 2. The number of alkyl carbamates (subject to hydrolysis) is 1. The van der Waals surface area contributed by atoms with Gasteiger partial charge in [-0.1, -0.05) is 6.42 Å². The molecule has 10 heteroatoms. The van der Waals surface area contributed by atoms with Crippen molar-refractivity contribution >= 4 is 23.9 Å². The minimum atomic E-state index is -0.606. The van der Waals surface area contributed by atoms with Gasteiger partial charge in [0, 0.05) is 32.5 Å². The fourth-order valence-electron chi connectivity index (χ4n) is 2.66. The zero-order chi connectivity index (χ0) is 24.8. The Morgan fingerprint density at radius 1 is 0.844 bits per heavy atom. The first-order valence-corrected chi connectivity index (χ1v) is 11.2.